The van der Waals surface area contributed by atoms with Gasteiger partial charge in [-0.15, -0.1) is 0 Å². The van der Waals surface area contributed by atoms with Crippen molar-refractivity contribution in [3.05, 3.63) is 0 Å². The molecule has 1 heterocycles. The van der Waals surface area contributed by atoms with Gasteiger partial charge in [-0.3, -0.25) is 9.69 Å². The molecular formula is C15H27NO. The zero-order chi connectivity index (χ0) is 12.3. The minimum Gasteiger partial charge on any atom is -0.300 e. The molecule has 2 rings (SSSR count). The predicted octanol–water partition coefficient (Wildman–Crippen LogP) is 3.40. The van der Waals surface area contributed by atoms with Gasteiger partial charge in [-0.25, -0.2) is 0 Å². The first-order valence-electron chi connectivity index (χ1n) is 7.46. The van der Waals surface area contributed by atoms with Crippen LogP contribution in [0.1, 0.15) is 65.2 Å². The highest BCUT2D eigenvalue weighted by Crippen LogP contribution is 2.33. The van der Waals surface area contributed by atoms with Crippen molar-refractivity contribution < 1.29 is 4.79 Å². The van der Waals surface area contributed by atoms with E-state index in [0.717, 1.165) is 18.4 Å². The van der Waals surface area contributed by atoms with Crippen molar-refractivity contribution in [3.63, 3.8) is 0 Å². The van der Waals surface area contributed by atoms with Crippen LogP contribution in [0.15, 0.2) is 0 Å². The first kappa shape index (κ1) is 13.1. The fourth-order valence-electron chi connectivity index (χ4n) is 3.77. The lowest BCUT2D eigenvalue weighted by molar-refractivity contribution is -0.118. The first-order valence-corrected chi connectivity index (χ1v) is 7.46. The summed E-state index contributed by atoms with van der Waals surface area (Å²) in [5.74, 6) is 1.34. The van der Waals surface area contributed by atoms with E-state index in [1.165, 1.54) is 51.5 Å². The van der Waals surface area contributed by atoms with Crippen molar-refractivity contribution in [1.82, 2.24) is 4.90 Å². The van der Waals surface area contributed by atoms with E-state index in [0.29, 0.717) is 11.8 Å². The van der Waals surface area contributed by atoms with Crippen molar-refractivity contribution in [3.8, 4) is 0 Å². The molecule has 1 atom stereocenters. The van der Waals surface area contributed by atoms with Crippen molar-refractivity contribution in [2.75, 3.05) is 6.54 Å². The number of likely N-dealkylation sites (tertiary alicyclic amines) is 1. The van der Waals surface area contributed by atoms with Crippen LogP contribution in [0.3, 0.4) is 0 Å². The van der Waals surface area contributed by atoms with Crippen LogP contribution in [-0.4, -0.2) is 29.3 Å². The number of hydrogen-bond donors (Lipinski definition) is 0. The number of nitrogens with zero attached hydrogens (tertiary/aromatic N) is 1. The standard InChI is InChI=1S/C15H27NO/c1-3-13-6-8-14(9-7-13)16-10-4-5-15(16)11-12(2)17/h13-15H,3-11H2,1-2H3. The van der Waals surface area contributed by atoms with E-state index in [1.807, 2.05) is 0 Å². The smallest absolute Gasteiger partial charge is 0.131 e. The van der Waals surface area contributed by atoms with E-state index >= 15 is 0 Å². The fraction of sp³-hybridized carbons (Fsp3) is 0.933. The molecule has 0 aromatic rings. The summed E-state index contributed by atoms with van der Waals surface area (Å²) >= 11 is 0. The second-order valence-corrected chi connectivity index (χ2v) is 6.02. The molecule has 2 nitrogen and oxygen atoms in total. The summed E-state index contributed by atoms with van der Waals surface area (Å²) in [4.78, 5) is 14.0. The normalized spacial score (nSPS) is 35.1. The zero-order valence-electron chi connectivity index (χ0n) is 11.5. The van der Waals surface area contributed by atoms with Crippen LogP contribution in [0.5, 0.6) is 0 Å². The molecule has 0 amide bonds. The largest absolute Gasteiger partial charge is 0.300 e. The Labute approximate surface area is 106 Å². The average molecular weight is 237 g/mol. The van der Waals surface area contributed by atoms with Crippen LogP contribution in [0, 0.1) is 5.92 Å². The van der Waals surface area contributed by atoms with Crippen molar-refractivity contribution >= 4 is 5.78 Å². The van der Waals surface area contributed by atoms with Crippen molar-refractivity contribution in [1.29, 1.82) is 0 Å². The maximum absolute atomic E-state index is 11.3. The van der Waals surface area contributed by atoms with E-state index in [4.69, 9.17) is 0 Å². The number of Topliss-reactive ketones (excluding diaryl/α,β-unsaturated/α-hetero) is 1. The number of rotatable bonds is 4. The molecule has 0 aromatic carbocycles. The van der Waals surface area contributed by atoms with Gasteiger partial charge < -0.3 is 0 Å². The molecule has 1 saturated heterocycles. The summed E-state index contributed by atoms with van der Waals surface area (Å²) in [6.45, 7) is 5.29. The third-order valence-electron chi connectivity index (χ3n) is 4.81. The number of ketones is 1. The van der Waals surface area contributed by atoms with E-state index in [2.05, 4.69) is 11.8 Å². The van der Waals surface area contributed by atoms with Gasteiger partial charge in [0.15, 0.2) is 0 Å². The van der Waals surface area contributed by atoms with Gasteiger partial charge in [0.2, 0.25) is 0 Å². The van der Waals surface area contributed by atoms with Gasteiger partial charge in [0.05, 0.1) is 0 Å². The number of carbonyl (C=O) groups is 1. The molecular weight excluding hydrogens is 210 g/mol. The van der Waals surface area contributed by atoms with E-state index < -0.39 is 0 Å². The fourth-order valence-corrected chi connectivity index (χ4v) is 3.77. The van der Waals surface area contributed by atoms with Crippen molar-refractivity contribution in [2.24, 2.45) is 5.92 Å². The third kappa shape index (κ3) is 3.31. The highest BCUT2D eigenvalue weighted by atomic mass is 16.1. The lowest BCUT2D eigenvalue weighted by Gasteiger charge is -2.37. The van der Waals surface area contributed by atoms with Crippen LogP contribution in [-0.2, 0) is 4.79 Å². The highest BCUT2D eigenvalue weighted by Gasteiger charge is 2.33. The Morgan fingerprint density at radius 3 is 2.47 bits per heavy atom. The number of carbonyl (C=O) groups excluding carboxylic acids is 1. The van der Waals surface area contributed by atoms with Crippen LogP contribution in [0.25, 0.3) is 0 Å². The quantitative estimate of drug-likeness (QED) is 0.747. The Hall–Kier alpha value is -0.370. The summed E-state index contributed by atoms with van der Waals surface area (Å²) < 4.78 is 0. The van der Waals surface area contributed by atoms with Gasteiger partial charge in [-0.05, 0) is 57.9 Å². The van der Waals surface area contributed by atoms with Crippen LogP contribution >= 0.6 is 0 Å². The number of hydrogen-bond acceptors (Lipinski definition) is 2. The topological polar surface area (TPSA) is 20.3 Å². The first-order chi connectivity index (χ1) is 8.20. The van der Waals surface area contributed by atoms with Crippen LogP contribution < -0.4 is 0 Å². The molecule has 0 bridgehead atoms. The maximum Gasteiger partial charge on any atom is 0.131 e. The SMILES string of the molecule is CCC1CCC(N2CCCC2CC(C)=O)CC1. The van der Waals surface area contributed by atoms with Crippen LogP contribution in [0.4, 0.5) is 0 Å². The Balaban J connectivity index is 1.86. The van der Waals surface area contributed by atoms with Crippen LogP contribution in [0.2, 0.25) is 0 Å². The molecule has 1 aliphatic carbocycles. The molecule has 2 heteroatoms. The molecule has 1 aliphatic heterocycles. The lowest BCUT2D eigenvalue weighted by Crippen LogP contribution is -2.41. The second-order valence-electron chi connectivity index (χ2n) is 6.02. The molecule has 0 N–H and O–H groups in total. The van der Waals surface area contributed by atoms with Gasteiger partial charge in [0.25, 0.3) is 0 Å². The van der Waals surface area contributed by atoms with Crippen molar-refractivity contribution in [2.45, 2.75) is 77.3 Å². The molecule has 1 saturated carbocycles. The van der Waals surface area contributed by atoms with E-state index in [9.17, 15) is 4.79 Å². The summed E-state index contributed by atoms with van der Waals surface area (Å²) in [5, 5.41) is 0. The molecule has 17 heavy (non-hydrogen) atoms. The van der Waals surface area contributed by atoms with E-state index in [-0.39, 0.29) is 0 Å². The zero-order valence-corrected chi connectivity index (χ0v) is 11.5. The Kier molecular flexibility index (Phi) is 4.61. The molecule has 2 fully saturated rings. The van der Waals surface area contributed by atoms with Gasteiger partial charge >= 0.3 is 0 Å². The molecule has 1 unspecified atom stereocenters. The summed E-state index contributed by atoms with van der Waals surface area (Å²) in [7, 11) is 0. The molecule has 2 aliphatic rings. The Bertz CT molecular complexity index is 256. The third-order valence-corrected chi connectivity index (χ3v) is 4.81. The molecule has 0 aromatic heterocycles. The van der Waals surface area contributed by atoms with Gasteiger partial charge in [-0.2, -0.15) is 0 Å². The van der Waals surface area contributed by atoms with Gasteiger partial charge in [-0.1, -0.05) is 13.3 Å². The van der Waals surface area contributed by atoms with E-state index in [1.54, 1.807) is 6.92 Å². The molecule has 0 spiro atoms. The van der Waals surface area contributed by atoms with Gasteiger partial charge in [0, 0.05) is 18.5 Å². The summed E-state index contributed by atoms with van der Waals surface area (Å²) in [6.07, 6.45) is 10.2. The second kappa shape index (κ2) is 5.99. The lowest BCUT2D eigenvalue weighted by atomic mass is 9.83. The highest BCUT2D eigenvalue weighted by molar-refractivity contribution is 5.76. The summed E-state index contributed by atoms with van der Waals surface area (Å²) in [6, 6.07) is 1.35. The monoisotopic (exact) mass is 237 g/mol. The molecule has 98 valence electrons. The maximum atomic E-state index is 11.3. The Morgan fingerprint density at radius 1 is 1.18 bits per heavy atom. The minimum atomic E-state index is 0.365. The predicted molar refractivity (Wildman–Crippen MR) is 71.1 cm³/mol. The average Bonchev–Trinajstić information content (AvgIpc) is 2.76. The van der Waals surface area contributed by atoms with Gasteiger partial charge in [0.1, 0.15) is 5.78 Å². The minimum absolute atomic E-state index is 0.365. The molecule has 0 radical (unpaired) electrons. The summed E-state index contributed by atoms with van der Waals surface area (Å²) in [5.41, 5.74) is 0. The Morgan fingerprint density at radius 2 is 1.88 bits per heavy atom.